The average Bonchev–Trinajstić information content (AvgIpc) is 2.68. The summed E-state index contributed by atoms with van der Waals surface area (Å²) in [6.07, 6.45) is 1.00. The van der Waals surface area contributed by atoms with E-state index in [0.717, 1.165) is 12.1 Å². The smallest absolute Gasteiger partial charge is 0.0577 e. The highest BCUT2D eigenvalue weighted by atomic mass is 35.5. The molecule has 0 saturated heterocycles. The van der Waals surface area contributed by atoms with E-state index in [9.17, 15) is 0 Å². The van der Waals surface area contributed by atoms with E-state index >= 15 is 0 Å². The average molecular weight is 281 g/mol. The number of hydrogen-bond acceptors (Lipinski definition) is 3. The first-order chi connectivity index (χ1) is 8.54. The van der Waals surface area contributed by atoms with Crippen LogP contribution in [0.1, 0.15) is 16.7 Å². The molecule has 1 unspecified atom stereocenters. The summed E-state index contributed by atoms with van der Waals surface area (Å²) in [5, 5.41) is 4.08. The lowest BCUT2D eigenvalue weighted by atomic mass is 10.2. The van der Waals surface area contributed by atoms with Gasteiger partial charge in [-0.2, -0.15) is 0 Å². The summed E-state index contributed by atoms with van der Waals surface area (Å²) in [6, 6.07) is 10.2. The topological polar surface area (TPSA) is 38.0 Å². The van der Waals surface area contributed by atoms with Gasteiger partial charge in [-0.3, -0.25) is 0 Å². The van der Waals surface area contributed by atoms with E-state index < -0.39 is 0 Å². The van der Waals surface area contributed by atoms with Crippen LogP contribution in [0, 0.1) is 6.92 Å². The van der Waals surface area contributed by atoms with E-state index in [0.29, 0.717) is 16.8 Å². The Balaban J connectivity index is 2.00. The third kappa shape index (κ3) is 3.40. The molecule has 2 aromatic rings. The van der Waals surface area contributed by atoms with Crippen LogP contribution in [-0.2, 0) is 6.42 Å². The fraction of sp³-hybridized carbons (Fsp3) is 0.286. The Kier molecular flexibility index (Phi) is 4.15. The van der Waals surface area contributed by atoms with E-state index in [-0.39, 0.29) is 0 Å². The Morgan fingerprint density at radius 2 is 2.11 bits per heavy atom. The van der Waals surface area contributed by atoms with Crippen molar-refractivity contribution in [3.63, 3.8) is 0 Å². The number of aryl methyl sites for hydroxylation is 1. The van der Waals surface area contributed by atoms with Crippen molar-refractivity contribution in [2.75, 3.05) is 11.1 Å². The van der Waals surface area contributed by atoms with Crippen LogP contribution in [0.4, 0.5) is 11.4 Å². The highest BCUT2D eigenvalue weighted by molar-refractivity contribution is 7.11. The van der Waals surface area contributed by atoms with Crippen molar-refractivity contribution in [2.45, 2.75) is 26.3 Å². The quantitative estimate of drug-likeness (QED) is 0.818. The lowest BCUT2D eigenvalue weighted by molar-refractivity contribution is 0.801. The summed E-state index contributed by atoms with van der Waals surface area (Å²) >= 11 is 7.72. The molecule has 1 aromatic carbocycles. The maximum Gasteiger partial charge on any atom is 0.0577 e. The fourth-order valence-corrected chi connectivity index (χ4v) is 3.08. The Hall–Kier alpha value is -1.19. The monoisotopic (exact) mass is 280 g/mol. The molecular formula is C14H17ClN2S. The molecule has 2 rings (SSSR count). The van der Waals surface area contributed by atoms with E-state index in [2.05, 4.69) is 31.3 Å². The van der Waals surface area contributed by atoms with E-state index in [4.69, 9.17) is 17.3 Å². The van der Waals surface area contributed by atoms with Crippen LogP contribution in [0.15, 0.2) is 30.3 Å². The Morgan fingerprint density at radius 1 is 1.33 bits per heavy atom. The number of halogens is 1. The molecule has 0 aliphatic rings. The van der Waals surface area contributed by atoms with E-state index in [1.54, 1.807) is 6.07 Å². The number of rotatable bonds is 4. The molecule has 0 spiro atoms. The second kappa shape index (κ2) is 5.63. The number of hydrogen-bond donors (Lipinski definition) is 2. The summed E-state index contributed by atoms with van der Waals surface area (Å²) in [5.74, 6) is 0. The molecule has 0 radical (unpaired) electrons. The highest BCUT2D eigenvalue weighted by Gasteiger charge is 2.07. The van der Waals surface area contributed by atoms with Crippen molar-refractivity contribution in [3.8, 4) is 0 Å². The summed E-state index contributed by atoms with van der Waals surface area (Å²) < 4.78 is 0. The summed E-state index contributed by atoms with van der Waals surface area (Å²) in [7, 11) is 0. The molecule has 0 fully saturated rings. The van der Waals surface area contributed by atoms with Gasteiger partial charge in [0.1, 0.15) is 0 Å². The zero-order chi connectivity index (χ0) is 13.1. The van der Waals surface area contributed by atoms with Crippen LogP contribution in [-0.4, -0.2) is 6.04 Å². The van der Waals surface area contributed by atoms with Gasteiger partial charge in [0.25, 0.3) is 0 Å². The lowest BCUT2D eigenvalue weighted by Gasteiger charge is -2.16. The SMILES string of the molecule is Cc1ccc(CC(C)Nc2ccc(Cl)cc2N)s1. The Labute approximate surface area is 117 Å². The van der Waals surface area contributed by atoms with Gasteiger partial charge in [0.15, 0.2) is 0 Å². The van der Waals surface area contributed by atoms with Crippen LogP contribution in [0.25, 0.3) is 0 Å². The van der Waals surface area contributed by atoms with Gasteiger partial charge in [-0.25, -0.2) is 0 Å². The predicted molar refractivity (Wildman–Crippen MR) is 81.7 cm³/mol. The minimum Gasteiger partial charge on any atom is -0.397 e. The maximum atomic E-state index is 5.92. The Morgan fingerprint density at radius 3 is 2.72 bits per heavy atom. The lowest BCUT2D eigenvalue weighted by Crippen LogP contribution is -2.18. The number of thiophene rings is 1. The van der Waals surface area contributed by atoms with Gasteiger partial charge in [-0.1, -0.05) is 11.6 Å². The second-order valence-corrected chi connectivity index (χ2v) is 6.30. The normalized spacial score (nSPS) is 12.4. The zero-order valence-corrected chi connectivity index (χ0v) is 12.1. The number of nitrogens with one attached hydrogen (secondary N) is 1. The molecule has 96 valence electrons. The van der Waals surface area contributed by atoms with Gasteiger partial charge < -0.3 is 11.1 Å². The van der Waals surface area contributed by atoms with Crippen molar-refractivity contribution >= 4 is 34.3 Å². The van der Waals surface area contributed by atoms with Crippen LogP contribution in [0.5, 0.6) is 0 Å². The third-order valence-electron chi connectivity index (χ3n) is 2.72. The van der Waals surface area contributed by atoms with Crippen LogP contribution < -0.4 is 11.1 Å². The second-order valence-electron chi connectivity index (χ2n) is 4.49. The highest BCUT2D eigenvalue weighted by Crippen LogP contribution is 2.24. The molecule has 1 aromatic heterocycles. The maximum absolute atomic E-state index is 5.92. The molecule has 0 amide bonds. The molecule has 1 heterocycles. The van der Waals surface area contributed by atoms with Gasteiger partial charge in [-0.15, -0.1) is 11.3 Å². The molecule has 0 aliphatic heterocycles. The van der Waals surface area contributed by atoms with Gasteiger partial charge in [0, 0.05) is 27.2 Å². The number of nitrogen functional groups attached to an aromatic ring is 1. The molecule has 0 saturated carbocycles. The predicted octanol–water partition coefficient (Wildman–Crippen LogP) is 4.34. The molecular weight excluding hydrogens is 264 g/mol. The van der Waals surface area contributed by atoms with Gasteiger partial charge >= 0.3 is 0 Å². The van der Waals surface area contributed by atoms with E-state index in [1.165, 1.54) is 9.75 Å². The summed E-state index contributed by atoms with van der Waals surface area (Å²) in [4.78, 5) is 2.74. The van der Waals surface area contributed by atoms with Gasteiger partial charge in [0.05, 0.1) is 11.4 Å². The minimum atomic E-state index is 0.339. The molecule has 3 N–H and O–H groups in total. The van der Waals surface area contributed by atoms with Crippen molar-refractivity contribution < 1.29 is 0 Å². The summed E-state index contributed by atoms with van der Waals surface area (Å²) in [5.41, 5.74) is 7.56. The standard InChI is InChI=1S/C14H17ClN2S/c1-9(7-12-5-3-10(2)18-12)17-14-6-4-11(15)8-13(14)16/h3-6,8-9,17H,7,16H2,1-2H3. The number of benzene rings is 1. The molecule has 1 atom stereocenters. The molecule has 2 nitrogen and oxygen atoms in total. The summed E-state index contributed by atoms with van der Waals surface area (Å²) in [6.45, 7) is 4.28. The van der Waals surface area contributed by atoms with Gasteiger partial charge in [-0.05, 0) is 44.2 Å². The van der Waals surface area contributed by atoms with Gasteiger partial charge in [0.2, 0.25) is 0 Å². The van der Waals surface area contributed by atoms with E-state index in [1.807, 2.05) is 23.5 Å². The van der Waals surface area contributed by atoms with Crippen LogP contribution >= 0.6 is 22.9 Å². The number of nitrogens with two attached hydrogens (primary N) is 1. The van der Waals surface area contributed by atoms with Crippen molar-refractivity contribution in [1.29, 1.82) is 0 Å². The van der Waals surface area contributed by atoms with Crippen LogP contribution in [0.3, 0.4) is 0 Å². The van der Waals surface area contributed by atoms with Crippen LogP contribution in [0.2, 0.25) is 5.02 Å². The minimum absolute atomic E-state index is 0.339. The zero-order valence-electron chi connectivity index (χ0n) is 10.5. The molecule has 4 heteroatoms. The Bertz CT molecular complexity index is 536. The fourth-order valence-electron chi connectivity index (χ4n) is 1.88. The number of anilines is 2. The largest absolute Gasteiger partial charge is 0.397 e. The molecule has 0 bridgehead atoms. The first-order valence-corrected chi connectivity index (χ1v) is 7.11. The van der Waals surface area contributed by atoms with Crippen molar-refractivity contribution in [1.82, 2.24) is 0 Å². The first-order valence-electron chi connectivity index (χ1n) is 5.91. The van der Waals surface area contributed by atoms with Crippen molar-refractivity contribution in [3.05, 3.63) is 45.1 Å². The first kappa shape index (κ1) is 13.2. The molecule has 18 heavy (non-hydrogen) atoms. The van der Waals surface area contributed by atoms with Crippen molar-refractivity contribution in [2.24, 2.45) is 0 Å². The third-order valence-corrected chi connectivity index (χ3v) is 3.98. The molecule has 0 aliphatic carbocycles.